The van der Waals surface area contributed by atoms with Gasteiger partial charge in [-0.15, -0.1) is 0 Å². The maximum atomic E-state index is 5.88. The minimum atomic E-state index is 0.108. The molecule has 0 bridgehead atoms. The van der Waals surface area contributed by atoms with Gasteiger partial charge in [-0.3, -0.25) is 4.98 Å². The molecule has 0 N–H and O–H groups in total. The smallest absolute Gasteiger partial charge is 0.257 e. The summed E-state index contributed by atoms with van der Waals surface area (Å²) in [5.41, 5.74) is 0. The molecule has 0 fully saturated rings. The van der Waals surface area contributed by atoms with E-state index in [0.717, 1.165) is 4.90 Å². The fraction of sp³-hybridized carbons (Fsp3) is 0. The van der Waals surface area contributed by atoms with Gasteiger partial charge in [-0.2, -0.15) is 24.7 Å². The van der Waals surface area contributed by atoms with E-state index in [-0.39, 0.29) is 5.28 Å². The van der Waals surface area contributed by atoms with Crippen molar-refractivity contribution in [3.05, 3.63) is 42.5 Å². The van der Waals surface area contributed by atoms with Crippen molar-refractivity contribution in [1.82, 2.24) is 34.7 Å². The first-order valence-electron chi connectivity index (χ1n) is 5.16. The maximum absolute atomic E-state index is 5.88. The van der Waals surface area contributed by atoms with E-state index in [4.69, 9.17) is 11.6 Å². The van der Waals surface area contributed by atoms with Crippen molar-refractivity contribution in [2.75, 3.05) is 0 Å². The summed E-state index contributed by atoms with van der Waals surface area (Å²) in [6.45, 7) is 0. The second-order valence-electron chi connectivity index (χ2n) is 3.31. The molecule has 0 saturated heterocycles. The first kappa shape index (κ1) is 12.0. The monoisotopic (exact) mass is 291 g/mol. The van der Waals surface area contributed by atoms with Gasteiger partial charge in [0.2, 0.25) is 5.28 Å². The van der Waals surface area contributed by atoms with Crippen molar-refractivity contribution < 1.29 is 0 Å². The molecule has 0 aliphatic carbocycles. The van der Waals surface area contributed by atoms with Crippen LogP contribution < -0.4 is 0 Å². The molecule has 19 heavy (non-hydrogen) atoms. The Morgan fingerprint density at radius 2 is 1.89 bits per heavy atom. The van der Waals surface area contributed by atoms with E-state index >= 15 is 0 Å². The molecule has 0 unspecified atom stereocenters. The Balaban J connectivity index is 1.94. The molecule has 0 spiro atoms. The number of aromatic nitrogens is 7. The standard InChI is InChI=1S/C10H6ClN7S/c11-8-15-9(18-6-13-5-14-18)17-10(16-8)19-7-1-3-12-4-2-7/h1-6H. The van der Waals surface area contributed by atoms with E-state index in [1.54, 1.807) is 12.4 Å². The Morgan fingerprint density at radius 1 is 1.05 bits per heavy atom. The molecule has 3 aromatic heterocycles. The molecule has 0 aromatic carbocycles. The number of hydrogen-bond donors (Lipinski definition) is 0. The van der Waals surface area contributed by atoms with Crippen LogP contribution in [0.4, 0.5) is 0 Å². The zero-order chi connectivity index (χ0) is 13.1. The Labute approximate surface area is 117 Å². The van der Waals surface area contributed by atoms with Gasteiger partial charge in [-0.25, -0.2) is 4.98 Å². The highest BCUT2D eigenvalue weighted by molar-refractivity contribution is 7.99. The normalized spacial score (nSPS) is 10.6. The van der Waals surface area contributed by atoms with Gasteiger partial charge in [0.05, 0.1) is 0 Å². The highest BCUT2D eigenvalue weighted by Crippen LogP contribution is 2.24. The van der Waals surface area contributed by atoms with Crippen LogP contribution in [-0.2, 0) is 0 Å². The SMILES string of the molecule is Clc1nc(Sc2ccncc2)nc(-n2cncn2)n1. The highest BCUT2D eigenvalue weighted by Gasteiger charge is 2.08. The van der Waals surface area contributed by atoms with Gasteiger partial charge in [-0.1, -0.05) is 0 Å². The summed E-state index contributed by atoms with van der Waals surface area (Å²) in [5, 5.41) is 4.54. The average molecular weight is 292 g/mol. The summed E-state index contributed by atoms with van der Waals surface area (Å²) in [6.07, 6.45) is 6.28. The van der Waals surface area contributed by atoms with Gasteiger partial charge in [0.1, 0.15) is 12.7 Å². The summed E-state index contributed by atoms with van der Waals surface area (Å²) >= 11 is 7.25. The van der Waals surface area contributed by atoms with Crippen molar-refractivity contribution in [1.29, 1.82) is 0 Å². The second kappa shape index (κ2) is 5.29. The first-order valence-corrected chi connectivity index (χ1v) is 6.35. The number of halogens is 1. The molecule has 9 heteroatoms. The van der Waals surface area contributed by atoms with Crippen molar-refractivity contribution in [3.63, 3.8) is 0 Å². The van der Waals surface area contributed by atoms with Crippen LogP contribution in [0.1, 0.15) is 0 Å². The number of rotatable bonds is 3. The molecule has 7 nitrogen and oxygen atoms in total. The van der Waals surface area contributed by atoms with Crippen LogP contribution >= 0.6 is 23.4 Å². The lowest BCUT2D eigenvalue weighted by Crippen LogP contribution is -2.04. The lowest BCUT2D eigenvalue weighted by Gasteiger charge is -2.03. The molecule has 3 aromatic rings. The second-order valence-corrected chi connectivity index (χ2v) is 4.69. The van der Waals surface area contributed by atoms with Crippen molar-refractivity contribution >= 4 is 23.4 Å². The zero-order valence-corrected chi connectivity index (χ0v) is 11.0. The Hall–Kier alpha value is -2.06. The van der Waals surface area contributed by atoms with Crippen molar-refractivity contribution in [2.24, 2.45) is 0 Å². The topological polar surface area (TPSA) is 82.3 Å². The molecule has 0 atom stereocenters. The van der Waals surface area contributed by atoms with Crippen LogP contribution in [0.2, 0.25) is 5.28 Å². The van der Waals surface area contributed by atoms with Crippen molar-refractivity contribution in [2.45, 2.75) is 10.1 Å². The van der Waals surface area contributed by atoms with Gasteiger partial charge in [0.25, 0.3) is 5.95 Å². The predicted octanol–water partition coefficient (Wildman–Crippen LogP) is 1.65. The fourth-order valence-corrected chi connectivity index (χ4v) is 2.23. The number of pyridine rings is 1. The average Bonchev–Trinajstić information content (AvgIpc) is 2.93. The Kier molecular flexibility index (Phi) is 3.34. The molecule has 0 amide bonds. The summed E-state index contributed by atoms with van der Waals surface area (Å²) in [7, 11) is 0. The lowest BCUT2D eigenvalue weighted by molar-refractivity contribution is 0.757. The van der Waals surface area contributed by atoms with E-state index in [9.17, 15) is 0 Å². The minimum absolute atomic E-state index is 0.108. The quantitative estimate of drug-likeness (QED) is 0.725. The third-order valence-electron chi connectivity index (χ3n) is 2.06. The van der Waals surface area contributed by atoms with Crippen LogP contribution in [0, 0.1) is 0 Å². The van der Waals surface area contributed by atoms with Crippen LogP contribution in [0.3, 0.4) is 0 Å². The third kappa shape index (κ3) is 2.85. The van der Waals surface area contributed by atoms with Gasteiger partial charge in [-0.05, 0) is 35.5 Å². The fourth-order valence-electron chi connectivity index (χ4n) is 1.29. The summed E-state index contributed by atoms with van der Waals surface area (Å²) in [5.74, 6) is 0.328. The molecule has 94 valence electrons. The molecule has 3 rings (SSSR count). The van der Waals surface area contributed by atoms with E-state index in [1.165, 1.54) is 29.1 Å². The van der Waals surface area contributed by atoms with E-state index < -0.39 is 0 Å². The molecule has 0 radical (unpaired) electrons. The maximum Gasteiger partial charge on any atom is 0.257 e. The Morgan fingerprint density at radius 3 is 2.63 bits per heavy atom. The molecule has 0 saturated carbocycles. The Bertz CT molecular complexity index is 674. The van der Waals surface area contributed by atoms with Gasteiger partial charge in [0.15, 0.2) is 5.16 Å². The van der Waals surface area contributed by atoms with Crippen LogP contribution in [-0.4, -0.2) is 34.7 Å². The number of hydrogen-bond acceptors (Lipinski definition) is 7. The van der Waals surface area contributed by atoms with Crippen LogP contribution in [0.25, 0.3) is 5.95 Å². The summed E-state index contributed by atoms with van der Waals surface area (Å²) < 4.78 is 1.42. The minimum Gasteiger partial charge on any atom is -0.265 e. The molecule has 0 aliphatic rings. The molecular formula is C10H6ClN7S. The summed E-state index contributed by atoms with van der Waals surface area (Å²) in [6, 6.07) is 3.72. The largest absolute Gasteiger partial charge is 0.265 e. The van der Waals surface area contributed by atoms with Crippen molar-refractivity contribution in [3.8, 4) is 5.95 Å². The van der Waals surface area contributed by atoms with Gasteiger partial charge >= 0.3 is 0 Å². The zero-order valence-electron chi connectivity index (χ0n) is 9.38. The van der Waals surface area contributed by atoms with Gasteiger partial charge in [0, 0.05) is 17.3 Å². The molecular weight excluding hydrogens is 286 g/mol. The van der Waals surface area contributed by atoms with Crippen LogP contribution in [0.5, 0.6) is 0 Å². The first-order chi connectivity index (χ1) is 9.31. The highest BCUT2D eigenvalue weighted by atomic mass is 35.5. The summed E-state index contributed by atoms with van der Waals surface area (Å²) in [4.78, 5) is 21.1. The van der Waals surface area contributed by atoms with E-state index in [2.05, 4.69) is 30.0 Å². The predicted molar refractivity (Wildman–Crippen MR) is 68.1 cm³/mol. The van der Waals surface area contributed by atoms with E-state index in [0.29, 0.717) is 11.1 Å². The lowest BCUT2D eigenvalue weighted by atomic mass is 10.5. The number of nitrogens with zero attached hydrogens (tertiary/aromatic N) is 7. The third-order valence-corrected chi connectivity index (χ3v) is 3.10. The van der Waals surface area contributed by atoms with E-state index in [1.807, 2.05) is 12.1 Å². The van der Waals surface area contributed by atoms with Crippen LogP contribution in [0.15, 0.2) is 47.2 Å². The molecule has 3 heterocycles. The van der Waals surface area contributed by atoms with Gasteiger partial charge < -0.3 is 0 Å². The molecule has 0 aliphatic heterocycles.